The zero-order valence-electron chi connectivity index (χ0n) is 14.5. The molecule has 0 N–H and O–H groups in total. The molecule has 0 saturated heterocycles. The lowest BCUT2D eigenvalue weighted by atomic mass is 9.86. The van der Waals surface area contributed by atoms with Crippen LogP contribution in [0.1, 0.15) is 79.6 Å². The first kappa shape index (κ1) is 16.9. The maximum Gasteiger partial charge on any atom is 0.251 e. The van der Waals surface area contributed by atoms with Crippen LogP contribution in [0.25, 0.3) is 0 Å². The van der Waals surface area contributed by atoms with Gasteiger partial charge in [-0.05, 0) is 36.0 Å². The van der Waals surface area contributed by atoms with Gasteiger partial charge in [-0.3, -0.25) is 4.79 Å². The zero-order chi connectivity index (χ0) is 16.6. The Morgan fingerprint density at radius 2 is 1.58 bits per heavy atom. The second-order valence-electron chi connectivity index (χ2n) is 7.01. The minimum atomic E-state index is 0.0199. The fourth-order valence-electron chi connectivity index (χ4n) is 3.72. The van der Waals surface area contributed by atoms with Crippen LogP contribution in [0.3, 0.4) is 0 Å². The van der Waals surface area contributed by atoms with Crippen molar-refractivity contribution in [1.82, 2.24) is 9.78 Å². The summed E-state index contributed by atoms with van der Waals surface area (Å²) in [7, 11) is 0. The summed E-state index contributed by atoms with van der Waals surface area (Å²) in [6.07, 6.45) is 16.1. The van der Waals surface area contributed by atoms with E-state index < -0.39 is 0 Å². The molecule has 3 nitrogen and oxygen atoms in total. The Morgan fingerprint density at radius 1 is 0.958 bits per heavy atom. The van der Waals surface area contributed by atoms with E-state index in [4.69, 9.17) is 0 Å². The molecule has 0 aliphatic heterocycles. The normalized spacial score (nSPS) is 17.5. The minimum absolute atomic E-state index is 0.0199. The Kier molecular flexibility index (Phi) is 6.22. The number of benzene rings is 1. The van der Waals surface area contributed by atoms with Crippen molar-refractivity contribution in [1.29, 1.82) is 0 Å². The molecular formula is C21H28N2O. The lowest BCUT2D eigenvalue weighted by Crippen LogP contribution is -2.13. The Balaban J connectivity index is 1.60. The van der Waals surface area contributed by atoms with Gasteiger partial charge >= 0.3 is 0 Å². The van der Waals surface area contributed by atoms with Gasteiger partial charge in [0.25, 0.3) is 5.91 Å². The van der Waals surface area contributed by atoms with Crippen molar-refractivity contribution in [3.63, 3.8) is 0 Å². The first-order valence-corrected chi connectivity index (χ1v) is 9.44. The highest BCUT2D eigenvalue weighted by Crippen LogP contribution is 2.30. The fourth-order valence-corrected chi connectivity index (χ4v) is 3.72. The van der Waals surface area contributed by atoms with E-state index in [-0.39, 0.29) is 5.91 Å². The second-order valence-corrected chi connectivity index (χ2v) is 7.01. The Bertz CT molecular complexity index is 606. The molecular weight excluding hydrogens is 296 g/mol. The molecule has 1 fully saturated rings. The van der Waals surface area contributed by atoms with E-state index in [1.54, 1.807) is 18.5 Å². The molecule has 1 aliphatic carbocycles. The van der Waals surface area contributed by atoms with Crippen molar-refractivity contribution < 1.29 is 4.79 Å². The fraction of sp³-hybridized carbons (Fsp3) is 0.524. The van der Waals surface area contributed by atoms with Crippen LogP contribution in [0.2, 0.25) is 0 Å². The molecule has 0 atom stereocenters. The van der Waals surface area contributed by atoms with Crippen molar-refractivity contribution in [3.05, 3.63) is 53.9 Å². The first-order chi connectivity index (χ1) is 11.8. The zero-order valence-corrected chi connectivity index (χ0v) is 14.5. The summed E-state index contributed by atoms with van der Waals surface area (Å²) in [5.41, 5.74) is 2.52. The van der Waals surface area contributed by atoms with Crippen LogP contribution in [0.4, 0.5) is 0 Å². The summed E-state index contributed by atoms with van der Waals surface area (Å²) in [5, 5.41) is 4.01. The molecule has 3 heteroatoms. The summed E-state index contributed by atoms with van der Waals surface area (Å²) < 4.78 is 1.41. The van der Waals surface area contributed by atoms with Crippen molar-refractivity contribution in [3.8, 4) is 0 Å². The maximum absolute atomic E-state index is 12.1. The molecule has 0 radical (unpaired) electrons. The predicted molar refractivity (Wildman–Crippen MR) is 97.3 cm³/mol. The number of carbonyl (C=O) groups excluding carboxylic acids is 1. The van der Waals surface area contributed by atoms with Gasteiger partial charge < -0.3 is 0 Å². The van der Waals surface area contributed by atoms with Gasteiger partial charge in [0.2, 0.25) is 0 Å². The third-order valence-corrected chi connectivity index (χ3v) is 5.17. The largest absolute Gasteiger partial charge is 0.272 e. The Hall–Kier alpha value is -1.90. The van der Waals surface area contributed by atoms with E-state index >= 15 is 0 Å². The van der Waals surface area contributed by atoms with Crippen molar-refractivity contribution in [2.75, 3.05) is 0 Å². The highest BCUT2D eigenvalue weighted by atomic mass is 16.2. The van der Waals surface area contributed by atoms with Crippen molar-refractivity contribution in [2.45, 2.75) is 70.1 Å². The highest BCUT2D eigenvalue weighted by Gasteiger charge is 2.13. The molecule has 1 heterocycles. The smallest absolute Gasteiger partial charge is 0.251 e. The standard InChI is InChI=1S/C21H28N2O/c24-21(23-16-8-15-22-23)17-18-11-13-20(14-12-18)19-9-6-4-2-1-3-5-7-10-19/h8,11-16,19H,1-7,9-10,17H2. The van der Waals surface area contributed by atoms with E-state index in [2.05, 4.69) is 29.4 Å². The monoisotopic (exact) mass is 324 g/mol. The van der Waals surface area contributed by atoms with Crippen LogP contribution in [0, 0.1) is 0 Å². The Morgan fingerprint density at radius 3 is 2.17 bits per heavy atom. The highest BCUT2D eigenvalue weighted by molar-refractivity contribution is 5.80. The van der Waals surface area contributed by atoms with E-state index in [1.807, 2.05) is 0 Å². The summed E-state index contributed by atoms with van der Waals surface area (Å²) in [5.74, 6) is 0.713. The van der Waals surface area contributed by atoms with E-state index in [0.717, 1.165) is 5.56 Å². The lowest BCUT2D eigenvalue weighted by Gasteiger charge is -2.19. The number of carbonyl (C=O) groups is 1. The average Bonchev–Trinajstić information content (AvgIpc) is 3.15. The van der Waals surface area contributed by atoms with E-state index in [0.29, 0.717) is 12.3 Å². The number of nitrogens with zero attached hydrogens (tertiary/aromatic N) is 2. The van der Waals surface area contributed by atoms with E-state index in [9.17, 15) is 4.79 Å². The summed E-state index contributed by atoms with van der Waals surface area (Å²) in [6.45, 7) is 0. The molecule has 128 valence electrons. The third-order valence-electron chi connectivity index (χ3n) is 5.17. The molecule has 1 aliphatic rings. The second kappa shape index (κ2) is 8.81. The van der Waals surface area contributed by atoms with Crippen LogP contribution in [-0.2, 0) is 6.42 Å². The molecule has 24 heavy (non-hydrogen) atoms. The van der Waals surface area contributed by atoms with Gasteiger partial charge in [-0.15, -0.1) is 0 Å². The van der Waals surface area contributed by atoms with Crippen LogP contribution in [-0.4, -0.2) is 15.7 Å². The first-order valence-electron chi connectivity index (χ1n) is 9.44. The minimum Gasteiger partial charge on any atom is -0.272 e. The van der Waals surface area contributed by atoms with Gasteiger partial charge in [0.1, 0.15) is 0 Å². The lowest BCUT2D eigenvalue weighted by molar-refractivity contribution is 0.0898. The van der Waals surface area contributed by atoms with E-state index in [1.165, 1.54) is 68.0 Å². The van der Waals surface area contributed by atoms with Gasteiger partial charge in [-0.1, -0.05) is 69.2 Å². The number of rotatable bonds is 3. The molecule has 0 spiro atoms. The molecule has 0 unspecified atom stereocenters. The predicted octanol–water partition coefficient (Wildman–Crippen LogP) is 5.37. The number of hydrogen-bond donors (Lipinski definition) is 0. The van der Waals surface area contributed by atoms with Crippen LogP contribution >= 0.6 is 0 Å². The SMILES string of the molecule is O=C(Cc1ccc(C2CCCCCCCCC2)cc1)n1cccn1. The van der Waals surface area contributed by atoms with Gasteiger partial charge in [0.05, 0.1) is 6.42 Å². The van der Waals surface area contributed by atoms with Crippen molar-refractivity contribution in [2.24, 2.45) is 0 Å². The van der Waals surface area contributed by atoms with Crippen molar-refractivity contribution >= 4 is 5.91 Å². The molecule has 1 aromatic heterocycles. The molecule has 0 amide bonds. The summed E-state index contributed by atoms with van der Waals surface area (Å²) in [4.78, 5) is 12.1. The number of hydrogen-bond acceptors (Lipinski definition) is 2. The third kappa shape index (κ3) is 4.80. The van der Waals surface area contributed by atoms with Gasteiger partial charge in [-0.25, -0.2) is 4.68 Å². The molecule has 1 saturated carbocycles. The topological polar surface area (TPSA) is 34.9 Å². The van der Waals surface area contributed by atoms with Gasteiger partial charge in [0.15, 0.2) is 0 Å². The summed E-state index contributed by atoms with van der Waals surface area (Å²) in [6, 6.07) is 10.5. The number of aromatic nitrogens is 2. The average molecular weight is 324 g/mol. The quantitative estimate of drug-likeness (QED) is 0.760. The van der Waals surface area contributed by atoms with Gasteiger partial charge in [0, 0.05) is 12.4 Å². The molecule has 1 aromatic carbocycles. The van der Waals surface area contributed by atoms with Crippen LogP contribution in [0.5, 0.6) is 0 Å². The van der Waals surface area contributed by atoms with Gasteiger partial charge in [-0.2, -0.15) is 5.10 Å². The molecule has 3 rings (SSSR count). The molecule has 0 bridgehead atoms. The molecule has 2 aromatic rings. The summed E-state index contributed by atoms with van der Waals surface area (Å²) >= 11 is 0. The maximum atomic E-state index is 12.1. The van der Waals surface area contributed by atoms with Crippen LogP contribution in [0.15, 0.2) is 42.7 Å². The Labute approximate surface area is 145 Å². The van der Waals surface area contributed by atoms with Crippen LogP contribution < -0.4 is 0 Å².